The van der Waals surface area contributed by atoms with E-state index in [1.807, 2.05) is 6.07 Å². The zero-order valence-corrected chi connectivity index (χ0v) is 8.82. The van der Waals surface area contributed by atoms with Crippen LogP contribution in [0, 0.1) is 11.3 Å². The van der Waals surface area contributed by atoms with Gasteiger partial charge >= 0.3 is 0 Å². The van der Waals surface area contributed by atoms with Gasteiger partial charge in [0.25, 0.3) is 11.9 Å². The molecule has 8 heteroatoms. The Kier molecular flexibility index (Phi) is 2.74. The van der Waals surface area contributed by atoms with E-state index in [-0.39, 0.29) is 11.6 Å². The van der Waals surface area contributed by atoms with Crippen molar-refractivity contribution in [3.05, 3.63) is 29.6 Å². The summed E-state index contributed by atoms with van der Waals surface area (Å²) in [5.41, 5.74) is 0.565. The molecule has 0 aliphatic heterocycles. The van der Waals surface area contributed by atoms with E-state index in [1.165, 1.54) is 23.1 Å². The van der Waals surface area contributed by atoms with Crippen molar-refractivity contribution in [3.63, 3.8) is 0 Å². The van der Waals surface area contributed by atoms with E-state index in [2.05, 4.69) is 25.7 Å². The molecule has 2 aromatic rings. The molecule has 17 heavy (non-hydrogen) atoms. The molecule has 0 bridgehead atoms. The molecule has 2 aromatic heterocycles. The molecule has 0 unspecified atom stereocenters. The maximum atomic E-state index is 11.6. The van der Waals surface area contributed by atoms with E-state index in [0.29, 0.717) is 5.56 Å². The summed E-state index contributed by atoms with van der Waals surface area (Å²) in [6, 6.07) is 4.87. The predicted molar refractivity (Wildman–Crippen MR) is 55.7 cm³/mol. The lowest BCUT2D eigenvalue weighted by Crippen LogP contribution is -2.14. The second kappa shape index (κ2) is 4.36. The Hall–Kier alpha value is -2.82. The van der Waals surface area contributed by atoms with Gasteiger partial charge in [0.05, 0.1) is 12.6 Å². The minimum Gasteiger partial charge on any atom is -0.286 e. The lowest BCUT2D eigenvalue weighted by Gasteiger charge is -1.98. The molecule has 1 N–H and O–H groups in total. The summed E-state index contributed by atoms with van der Waals surface area (Å²) < 4.78 is 0. The Balaban J connectivity index is 2.12. The van der Waals surface area contributed by atoms with Crippen molar-refractivity contribution < 1.29 is 4.79 Å². The highest BCUT2D eigenvalue weighted by molar-refractivity contribution is 6.01. The number of anilines is 1. The van der Waals surface area contributed by atoms with Crippen LogP contribution in [0.1, 0.15) is 16.1 Å². The number of hydrogen-bond acceptors (Lipinski definition) is 6. The number of nitrogens with zero attached hydrogens (tertiary/aromatic N) is 6. The fraction of sp³-hybridized carbons (Fsp3) is 0.111. The van der Waals surface area contributed by atoms with Crippen LogP contribution in [0.15, 0.2) is 18.3 Å². The van der Waals surface area contributed by atoms with Crippen molar-refractivity contribution in [3.8, 4) is 6.07 Å². The van der Waals surface area contributed by atoms with E-state index in [4.69, 9.17) is 5.26 Å². The van der Waals surface area contributed by atoms with Crippen molar-refractivity contribution in [2.24, 2.45) is 7.05 Å². The number of aromatic nitrogens is 5. The number of aryl methyl sites for hydroxylation is 1. The molecule has 0 saturated heterocycles. The highest BCUT2D eigenvalue weighted by Gasteiger charge is 2.10. The van der Waals surface area contributed by atoms with E-state index in [0.717, 1.165) is 0 Å². The molecule has 0 radical (unpaired) electrons. The number of nitriles is 1. The molecule has 0 atom stereocenters. The lowest BCUT2D eigenvalue weighted by atomic mass is 10.2. The molecule has 0 spiro atoms. The first-order chi connectivity index (χ1) is 8.19. The summed E-state index contributed by atoms with van der Waals surface area (Å²) in [4.78, 5) is 16.7. The van der Waals surface area contributed by atoms with Crippen molar-refractivity contribution >= 4 is 11.9 Å². The first-order valence-corrected chi connectivity index (χ1v) is 4.60. The molecule has 2 heterocycles. The highest BCUT2D eigenvalue weighted by atomic mass is 16.2. The van der Waals surface area contributed by atoms with Gasteiger partial charge in [0.1, 0.15) is 11.8 Å². The third-order valence-corrected chi connectivity index (χ3v) is 1.86. The van der Waals surface area contributed by atoms with Crippen LogP contribution < -0.4 is 5.32 Å². The van der Waals surface area contributed by atoms with Crippen molar-refractivity contribution in [1.82, 2.24) is 25.2 Å². The Morgan fingerprint density at radius 3 is 2.88 bits per heavy atom. The molecule has 2 rings (SSSR count). The SMILES string of the molecule is Cn1nnc(NC(=O)c2ccc(C#N)cn2)n1. The summed E-state index contributed by atoms with van der Waals surface area (Å²) in [5, 5.41) is 22.0. The molecular formula is C9H7N7O. The van der Waals surface area contributed by atoms with Gasteiger partial charge in [-0.15, -0.1) is 5.10 Å². The monoisotopic (exact) mass is 229 g/mol. The van der Waals surface area contributed by atoms with Crippen LogP contribution in [-0.2, 0) is 7.05 Å². The summed E-state index contributed by atoms with van der Waals surface area (Å²) in [6.07, 6.45) is 1.32. The maximum Gasteiger partial charge on any atom is 0.276 e. The van der Waals surface area contributed by atoms with Crippen LogP contribution in [0.25, 0.3) is 0 Å². The molecule has 0 aliphatic rings. The first kappa shape index (κ1) is 10.7. The minimum absolute atomic E-state index is 0.101. The fourth-order valence-corrected chi connectivity index (χ4v) is 1.09. The number of rotatable bonds is 2. The third kappa shape index (κ3) is 2.40. The predicted octanol–water partition coefficient (Wildman–Crippen LogP) is -0.271. The summed E-state index contributed by atoms with van der Waals surface area (Å²) in [5.74, 6) is -0.355. The average Bonchev–Trinajstić information content (AvgIpc) is 2.75. The maximum absolute atomic E-state index is 11.6. The van der Waals surface area contributed by atoms with Crippen LogP contribution in [0.4, 0.5) is 5.95 Å². The Morgan fingerprint density at radius 2 is 2.35 bits per heavy atom. The van der Waals surface area contributed by atoms with E-state index < -0.39 is 5.91 Å². The number of carbonyl (C=O) groups is 1. The molecule has 0 aromatic carbocycles. The van der Waals surface area contributed by atoms with E-state index in [1.54, 1.807) is 7.05 Å². The second-order valence-corrected chi connectivity index (χ2v) is 3.10. The van der Waals surface area contributed by atoms with Gasteiger partial charge in [-0.25, -0.2) is 4.98 Å². The summed E-state index contributed by atoms with van der Waals surface area (Å²) >= 11 is 0. The largest absolute Gasteiger partial charge is 0.286 e. The zero-order chi connectivity index (χ0) is 12.3. The number of tetrazole rings is 1. The molecule has 1 amide bonds. The van der Waals surface area contributed by atoms with Gasteiger partial charge in [-0.2, -0.15) is 10.1 Å². The first-order valence-electron chi connectivity index (χ1n) is 4.60. The molecule has 8 nitrogen and oxygen atoms in total. The standard InChI is InChI=1S/C9H7N7O/c1-16-14-9(13-15-16)12-8(17)7-3-2-6(4-10)5-11-7/h2-3,5H,1H3,(H,12,14,17). The van der Waals surface area contributed by atoms with Gasteiger partial charge in [0, 0.05) is 6.20 Å². The smallest absolute Gasteiger partial charge is 0.276 e. The van der Waals surface area contributed by atoms with Crippen LogP contribution in [0.2, 0.25) is 0 Å². The van der Waals surface area contributed by atoms with Crippen LogP contribution in [0.5, 0.6) is 0 Å². The highest BCUT2D eigenvalue weighted by Crippen LogP contribution is 2.01. The molecule has 84 valence electrons. The van der Waals surface area contributed by atoms with Gasteiger partial charge in [-0.1, -0.05) is 5.10 Å². The Labute approximate surface area is 95.9 Å². The van der Waals surface area contributed by atoms with E-state index >= 15 is 0 Å². The van der Waals surface area contributed by atoms with Gasteiger partial charge in [-0.3, -0.25) is 10.1 Å². The second-order valence-electron chi connectivity index (χ2n) is 3.10. The van der Waals surface area contributed by atoms with Crippen molar-refractivity contribution in [1.29, 1.82) is 5.26 Å². The van der Waals surface area contributed by atoms with Crippen LogP contribution >= 0.6 is 0 Å². The summed E-state index contributed by atoms with van der Waals surface area (Å²) in [6.45, 7) is 0. The normalized spacial score (nSPS) is 9.65. The summed E-state index contributed by atoms with van der Waals surface area (Å²) in [7, 11) is 1.59. The fourth-order valence-electron chi connectivity index (χ4n) is 1.09. The van der Waals surface area contributed by atoms with Gasteiger partial charge in [-0.05, 0) is 17.3 Å². The van der Waals surface area contributed by atoms with Crippen molar-refractivity contribution in [2.45, 2.75) is 0 Å². The number of amides is 1. The topological polar surface area (TPSA) is 109 Å². The minimum atomic E-state index is -0.456. The van der Waals surface area contributed by atoms with Crippen LogP contribution in [0.3, 0.4) is 0 Å². The van der Waals surface area contributed by atoms with Gasteiger partial charge in [0.2, 0.25) is 0 Å². The third-order valence-electron chi connectivity index (χ3n) is 1.86. The number of hydrogen-bond donors (Lipinski definition) is 1. The Bertz CT molecular complexity index is 580. The lowest BCUT2D eigenvalue weighted by molar-refractivity contribution is 0.102. The molecular weight excluding hydrogens is 222 g/mol. The molecule has 0 fully saturated rings. The molecule has 0 aliphatic carbocycles. The van der Waals surface area contributed by atoms with E-state index in [9.17, 15) is 4.79 Å². The van der Waals surface area contributed by atoms with Crippen molar-refractivity contribution in [2.75, 3.05) is 5.32 Å². The number of carbonyl (C=O) groups excluding carboxylic acids is 1. The average molecular weight is 229 g/mol. The van der Waals surface area contributed by atoms with Gasteiger partial charge in [0.15, 0.2) is 0 Å². The Morgan fingerprint density at radius 1 is 1.53 bits per heavy atom. The molecule has 0 saturated carbocycles. The van der Waals surface area contributed by atoms with Gasteiger partial charge < -0.3 is 0 Å². The zero-order valence-electron chi connectivity index (χ0n) is 8.82. The number of nitrogens with one attached hydrogen (secondary N) is 1. The van der Waals surface area contributed by atoms with Crippen LogP contribution in [-0.4, -0.2) is 31.1 Å². The quantitative estimate of drug-likeness (QED) is 0.759. The number of pyridine rings is 1.